The van der Waals surface area contributed by atoms with Crippen LogP contribution in [0.25, 0.3) is 0 Å². The van der Waals surface area contributed by atoms with E-state index in [1.165, 1.54) is 38.8 Å². The molecule has 0 bridgehead atoms. The van der Waals surface area contributed by atoms with Gasteiger partial charge in [0.05, 0.1) is 0 Å². The Morgan fingerprint density at radius 3 is 2.35 bits per heavy atom. The highest BCUT2D eigenvalue weighted by Gasteiger charge is 2.41. The topological polar surface area (TPSA) is 24.5 Å². The van der Waals surface area contributed by atoms with E-state index < -0.39 is 0 Å². The van der Waals surface area contributed by atoms with Gasteiger partial charge in [0.2, 0.25) is 0 Å². The maximum absolute atomic E-state index is 5.18. The lowest BCUT2D eigenvalue weighted by Gasteiger charge is -2.52. The van der Waals surface area contributed by atoms with Gasteiger partial charge in [0.15, 0.2) is 0 Å². The van der Waals surface area contributed by atoms with Crippen LogP contribution in [0.3, 0.4) is 0 Å². The van der Waals surface area contributed by atoms with E-state index in [0.29, 0.717) is 17.0 Å². The van der Waals surface area contributed by atoms with Crippen molar-refractivity contribution in [2.24, 2.45) is 5.41 Å². The van der Waals surface area contributed by atoms with Gasteiger partial charge in [-0.25, -0.2) is 0 Å². The molecule has 1 unspecified atom stereocenters. The molecule has 1 rings (SSSR count). The van der Waals surface area contributed by atoms with E-state index in [1.54, 1.807) is 7.11 Å². The van der Waals surface area contributed by atoms with Crippen LogP contribution in [0.1, 0.15) is 60.3 Å². The zero-order valence-electron chi connectivity index (χ0n) is 14.6. The standard InChI is InChI=1S/C17H36N2O/c1-7-17(8-2)14-18-15(16(3,4)5)13-19(17)11-9-10-12-20-6/h15,18H,7-14H2,1-6H3. The Bertz CT molecular complexity index is 269. The van der Waals surface area contributed by atoms with Gasteiger partial charge in [-0.2, -0.15) is 0 Å². The fourth-order valence-corrected chi connectivity index (χ4v) is 3.31. The van der Waals surface area contributed by atoms with Crippen LogP contribution in [0.4, 0.5) is 0 Å². The molecule has 0 amide bonds. The molecular weight excluding hydrogens is 248 g/mol. The van der Waals surface area contributed by atoms with Crippen molar-refractivity contribution in [3.05, 3.63) is 0 Å². The molecule has 3 nitrogen and oxygen atoms in total. The number of nitrogens with zero attached hydrogens (tertiary/aromatic N) is 1. The average molecular weight is 284 g/mol. The SMILES string of the molecule is CCC1(CC)CNC(C(C)(C)C)CN1CCCCOC. The molecule has 0 spiro atoms. The lowest BCUT2D eigenvalue weighted by atomic mass is 9.80. The molecule has 0 aliphatic carbocycles. The lowest BCUT2D eigenvalue weighted by Crippen LogP contribution is -2.66. The van der Waals surface area contributed by atoms with E-state index in [0.717, 1.165) is 13.2 Å². The number of ether oxygens (including phenoxy) is 1. The molecule has 1 aliphatic rings. The number of piperazine rings is 1. The Labute approximate surface area is 126 Å². The number of methoxy groups -OCH3 is 1. The molecule has 1 N–H and O–H groups in total. The fraction of sp³-hybridized carbons (Fsp3) is 1.00. The summed E-state index contributed by atoms with van der Waals surface area (Å²) in [6.45, 7) is 16.1. The van der Waals surface area contributed by atoms with Gasteiger partial charge in [-0.3, -0.25) is 4.90 Å². The second-order valence-corrected chi connectivity index (χ2v) is 7.38. The van der Waals surface area contributed by atoms with Crippen molar-refractivity contribution in [2.75, 3.05) is 33.4 Å². The Kier molecular flexibility index (Phi) is 6.96. The van der Waals surface area contributed by atoms with Gasteiger partial charge in [-0.15, -0.1) is 0 Å². The van der Waals surface area contributed by atoms with Gasteiger partial charge in [0.1, 0.15) is 0 Å². The number of rotatable bonds is 7. The molecule has 20 heavy (non-hydrogen) atoms. The van der Waals surface area contributed by atoms with Gasteiger partial charge >= 0.3 is 0 Å². The highest BCUT2D eigenvalue weighted by atomic mass is 16.5. The van der Waals surface area contributed by atoms with Crippen molar-refractivity contribution in [1.82, 2.24) is 10.2 Å². The van der Waals surface area contributed by atoms with Crippen LogP contribution < -0.4 is 5.32 Å². The smallest absolute Gasteiger partial charge is 0.0462 e. The molecule has 3 heteroatoms. The maximum Gasteiger partial charge on any atom is 0.0462 e. The van der Waals surface area contributed by atoms with Gasteiger partial charge in [0, 0.05) is 38.4 Å². The van der Waals surface area contributed by atoms with Gasteiger partial charge in [0.25, 0.3) is 0 Å². The Morgan fingerprint density at radius 1 is 1.20 bits per heavy atom. The Balaban J connectivity index is 2.68. The van der Waals surface area contributed by atoms with Crippen molar-refractivity contribution < 1.29 is 4.74 Å². The third kappa shape index (κ3) is 4.44. The van der Waals surface area contributed by atoms with E-state index >= 15 is 0 Å². The Hall–Kier alpha value is -0.120. The first-order valence-electron chi connectivity index (χ1n) is 8.37. The number of nitrogens with one attached hydrogen (secondary N) is 1. The summed E-state index contributed by atoms with van der Waals surface area (Å²) in [7, 11) is 1.79. The molecule has 0 saturated carbocycles. The summed E-state index contributed by atoms with van der Waals surface area (Å²) < 4.78 is 5.18. The molecule has 1 fully saturated rings. The molecule has 1 aliphatic heterocycles. The normalized spacial score (nSPS) is 24.0. The minimum atomic E-state index is 0.332. The number of unbranched alkanes of at least 4 members (excludes halogenated alkanes) is 1. The predicted octanol–water partition coefficient (Wildman–Crippen LogP) is 3.29. The third-order valence-corrected chi connectivity index (χ3v) is 5.14. The molecule has 0 radical (unpaired) electrons. The van der Waals surface area contributed by atoms with Gasteiger partial charge in [-0.05, 0) is 37.6 Å². The fourth-order valence-electron chi connectivity index (χ4n) is 3.31. The maximum atomic E-state index is 5.18. The van der Waals surface area contributed by atoms with E-state index in [4.69, 9.17) is 4.74 Å². The first-order chi connectivity index (χ1) is 9.39. The summed E-state index contributed by atoms with van der Waals surface area (Å²) in [5, 5.41) is 3.82. The molecule has 0 aromatic carbocycles. The van der Waals surface area contributed by atoms with Crippen LogP contribution in [0.15, 0.2) is 0 Å². The van der Waals surface area contributed by atoms with Gasteiger partial charge in [-0.1, -0.05) is 34.6 Å². The first-order valence-corrected chi connectivity index (χ1v) is 8.37. The summed E-state index contributed by atoms with van der Waals surface area (Å²) in [6.07, 6.45) is 4.88. The van der Waals surface area contributed by atoms with Crippen molar-refractivity contribution in [3.8, 4) is 0 Å². The molecule has 1 saturated heterocycles. The van der Waals surface area contributed by atoms with Crippen LogP contribution in [0.5, 0.6) is 0 Å². The first kappa shape index (κ1) is 17.9. The molecule has 120 valence electrons. The summed E-state index contributed by atoms with van der Waals surface area (Å²) in [6, 6.07) is 0.594. The summed E-state index contributed by atoms with van der Waals surface area (Å²) in [5.74, 6) is 0. The molecule has 0 aromatic rings. The number of hydrogen-bond donors (Lipinski definition) is 1. The zero-order chi connectivity index (χ0) is 15.2. The van der Waals surface area contributed by atoms with Crippen LogP contribution >= 0.6 is 0 Å². The van der Waals surface area contributed by atoms with E-state index in [-0.39, 0.29) is 0 Å². The van der Waals surface area contributed by atoms with Crippen LogP contribution in [0.2, 0.25) is 0 Å². The highest BCUT2D eigenvalue weighted by Crippen LogP contribution is 2.32. The summed E-state index contributed by atoms with van der Waals surface area (Å²) >= 11 is 0. The molecule has 0 aromatic heterocycles. The zero-order valence-corrected chi connectivity index (χ0v) is 14.6. The van der Waals surface area contributed by atoms with Crippen molar-refractivity contribution in [1.29, 1.82) is 0 Å². The van der Waals surface area contributed by atoms with Crippen LogP contribution in [-0.2, 0) is 4.74 Å². The largest absolute Gasteiger partial charge is 0.385 e. The van der Waals surface area contributed by atoms with E-state index in [9.17, 15) is 0 Å². The van der Waals surface area contributed by atoms with Gasteiger partial charge < -0.3 is 10.1 Å². The Morgan fingerprint density at radius 2 is 1.85 bits per heavy atom. The monoisotopic (exact) mass is 284 g/mol. The predicted molar refractivity (Wildman–Crippen MR) is 87.2 cm³/mol. The highest BCUT2D eigenvalue weighted by molar-refractivity contribution is 5.00. The summed E-state index contributed by atoms with van der Waals surface area (Å²) in [5.41, 5.74) is 0.688. The third-order valence-electron chi connectivity index (χ3n) is 5.14. The number of hydrogen-bond acceptors (Lipinski definition) is 3. The lowest BCUT2D eigenvalue weighted by molar-refractivity contribution is 0.00565. The second kappa shape index (κ2) is 7.77. The minimum Gasteiger partial charge on any atom is -0.385 e. The minimum absolute atomic E-state index is 0.332. The molecular formula is C17H36N2O. The second-order valence-electron chi connectivity index (χ2n) is 7.38. The van der Waals surface area contributed by atoms with Crippen molar-refractivity contribution in [2.45, 2.75) is 71.9 Å². The quantitative estimate of drug-likeness (QED) is 0.726. The van der Waals surface area contributed by atoms with Crippen molar-refractivity contribution >= 4 is 0 Å². The average Bonchev–Trinajstić information content (AvgIpc) is 2.42. The van der Waals surface area contributed by atoms with E-state index in [1.807, 2.05) is 0 Å². The van der Waals surface area contributed by atoms with Crippen LogP contribution in [-0.4, -0.2) is 49.8 Å². The van der Waals surface area contributed by atoms with Crippen molar-refractivity contribution in [3.63, 3.8) is 0 Å². The molecule has 1 atom stereocenters. The molecule has 1 heterocycles. The van der Waals surface area contributed by atoms with Crippen LogP contribution in [0, 0.1) is 5.41 Å². The van der Waals surface area contributed by atoms with E-state index in [2.05, 4.69) is 44.8 Å². The summed E-state index contributed by atoms with van der Waals surface area (Å²) in [4.78, 5) is 2.76.